The van der Waals surface area contributed by atoms with Crippen LogP contribution in [0.5, 0.6) is 0 Å². The molecule has 107 valence electrons. The first kappa shape index (κ1) is 25.6. The summed E-state index contributed by atoms with van der Waals surface area (Å²) in [4.78, 5) is 2.37. The summed E-state index contributed by atoms with van der Waals surface area (Å²) >= 11 is 0. The molecule has 1 aromatic rings. The van der Waals surface area contributed by atoms with Crippen molar-refractivity contribution in [2.75, 3.05) is 20.1 Å². The summed E-state index contributed by atoms with van der Waals surface area (Å²) in [6.07, 6.45) is 6.68. The minimum atomic E-state index is 0. The summed E-state index contributed by atoms with van der Waals surface area (Å²) in [7, 11) is 1.88. The van der Waals surface area contributed by atoms with E-state index in [1.165, 1.54) is 11.1 Å². The van der Waals surface area contributed by atoms with Gasteiger partial charge in [-0.25, -0.2) is 0 Å². The molecule has 1 aliphatic heterocycles. The number of hydrogen-bond donors (Lipinski definition) is 0. The van der Waals surface area contributed by atoms with Crippen LogP contribution in [0, 0.1) is 13.5 Å². The van der Waals surface area contributed by atoms with E-state index in [1.807, 2.05) is 7.05 Å². The van der Waals surface area contributed by atoms with E-state index in [-0.39, 0.29) is 112 Å². The summed E-state index contributed by atoms with van der Waals surface area (Å²) in [5.74, 6) is 0. The average molecular weight is 600 g/mol. The van der Waals surface area contributed by atoms with Crippen molar-refractivity contribution in [2.24, 2.45) is 0 Å². The van der Waals surface area contributed by atoms with E-state index in [1.54, 1.807) is 0 Å². The summed E-state index contributed by atoms with van der Waals surface area (Å²) in [5, 5.41) is 4.12. The van der Waals surface area contributed by atoms with Crippen molar-refractivity contribution < 1.29 is 112 Å². The van der Waals surface area contributed by atoms with Gasteiger partial charge in [0.05, 0.1) is 0 Å². The van der Waals surface area contributed by atoms with Gasteiger partial charge in [0.15, 0.2) is 0 Å². The van der Waals surface area contributed by atoms with Crippen molar-refractivity contribution >= 4 is 6.08 Å². The van der Waals surface area contributed by atoms with E-state index < -0.39 is 0 Å². The SMILES string of the molecule is [CH2-]c1ccc2c(c1)CN([CH-]CCC[N-]C)CC=C2.[Rb+].[W].[Y]. The molecule has 1 aliphatic rings. The minimum Gasteiger partial charge on any atom is -0.665 e. The largest absolute Gasteiger partial charge is 1.00 e. The van der Waals surface area contributed by atoms with Gasteiger partial charge in [0.2, 0.25) is 0 Å². The maximum absolute atomic E-state index is 4.12. The first-order valence-electron chi connectivity index (χ1n) is 6.54. The third-order valence-electron chi connectivity index (χ3n) is 3.19. The van der Waals surface area contributed by atoms with Gasteiger partial charge in [-0.05, 0) is 18.7 Å². The molecule has 0 atom stereocenters. The van der Waals surface area contributed by atoms with Crippen LogP contribution in [0.15, 0.2) is 24.3 Å². The predicted octanol–water partition coefficient (Wildman–Crippen LogP) is 0.642. The van der Waals surface area contributed by atoms with Crippen LogP contribution in [-0.2, 0) is 60.3 Å². The van der Waals surface area contributed by atoms with Gasteiger partial charge in [-0.2, -0.15) is 44.6 Å². The van der Waals surface area contributed by atoms with Crippen LogP contribution in [0.1, 0.15) is 29.5 Å². The van der Waals surface area contributed by atoms with E-state index in [0.29, 0.717) is 0 Å². The number of nitrogens with zero attached hydrogens (tertiary/aromatic N) is 2. The van der Waals surface area contributed by atoms with Crippen LogP contribution >= 0.6 is 0 Å². The molecule has 1 heterocycles. The summed E-state index contributed by atoms with van der Waals surface area (Å²) in [5.41, 5.74) is 3.78. The molecule has 0 bridgehead atoms. The molecule has 0 fully saturated rings. The third-order valence-corrected chi connectivity index (χ3v) is 3.19. The Kier molecular flexibility index (Phi) is 17.9. The first-order valence-corrected chi connectivity index (χ1v) is 6.54. The standard InChI is InChI=1S/C16H21N2.Rb.W.Y/c1-14-7-8-15-6-5-11-18(13-16(15)12-14)10-4-3-9-17-2;;;/h5-8,10,12H,1,3-4,9,11,13H2,2H3;;;/q-3;+1;;. The Labute approximate surface area is 218 Å². The molecule has 0 saturated carbocycles. The molecule has 1 radical (unpaired) electrons. The van der Waals surface area contributed by atoms with Gasteiger partial charge in [0.1, 0.15) is 0 Å². The molecule has 21 heavy (non-hydrogen) atoms. The van der Waals surface area contributed by atoms with Gasteiger partial charge in [0.25, 0.3) is 0 Å². The van der Waals surface area contributed by atoms with Gasteiger partial charge in [-0.1, -0.05) is 24.1 Å². The number of rotatable bonds is 5. The van der Waals surface area contributed by atoms with E-state index >= 15 is 0 Å². The fraction of sp³-hybridized carbons (Fsp3) is 0.375. The van der Waals surface area contributed by atoms with Gasteiger partial charge in [0, 0.05) is 53.8 Å². The van der Waals surface area contributed by atoms with E-state index in [9.17, 15) is 0 Å². The number of benzene rings is 1. The van der Waals surface area contributed by atoms with Crippen molar-refractivity contribution in [2.45, 2.75) is 19.4 Å². The quantitative estimate of drug-likeness (QED) is 0.359. The zero-order valence-corrected chi connectivity index (χ0v) is 23.8. The molecule has 0 unspecified atom stereocenters. The van der Waals surface area contributed by atoms with Crippen molar-refractivity contribution in [3.05, 3.63) is 59.8 Å². The molecule has 0 spiro atoms. The topological polar surface area (TPSA) is 17.3 Å². The number of fused-ring (bicyclic) bond motifs is 1. The Bertz CT molecular complexity index is 427. The Balaban J connectivity index is 0. The van der Waals surface area contributed by atoms with Crippen LogP contribution in [0.25, 0.3) is 11.4 Å². The summed E-state index contributed by atoms with van der Waals surface area (Å²) < 4.78 is 0. The molecule has 0 saturated heterocycles. The maximum Gasteiger partial charge on any atom is 1.00 e. The second-order valence-electron chi connectivity index (χ2n) is 4.73. The van der Waals surface area contributed by atoms with E-state index in [2.05, 4.69) is 54.0 Å². The molecule has 0 aromatic heterocycles. The van der Waals surface area contributed by atoms with Crippen LogP contribution in [0.4, 0.5) is 0 Å². The Morgan fingerprint density at radius 3 is 2.86 bits per heavy atom. The second kappa shape index (κ2) is 14.7. The van der Waals surface area contributed by atoms with Gasteiger partial charge in [-0.3, -0.25) is 6.54 Å². The second-order valence-corrected chi connectivity index (χ2v) is 4.73. The molecule has 0 amide bonds. The average Bonchev–Trinajstić information content (AvgIpc) is 2.56. The Hall–Kier alpha value is 2.35. The van der Waals surface area contributed by atoms with Gasteiger partial charge >= 0.3 is 58.2 Å². The Morgan fingerprint density at radius 2 is 2.14 bits per heavy atom. The van der Waals surface area contributed by atoms with Crippen LogP contribution in [0.2, 0.25) is 0 Å². The molecule has 5 heteroatoms. The van der Waals surface area contributed by atoms with Crippen LogP contribution in [-0.4, -0.2) is 25.0 Å². The molecule has 2 nitrogen and oxygen atoms in total. The van der Waals surface area contributed by atoms with Crippen molar-refractivity contribution in [3.8, 4) is 0 Å². The molecule has 1 aromatic carbocycles. The molecule has 2 rings (SSSR count). The van der Waals surface area contributed by atoms with Gasteiger partial charge in [-0.15, -0.1) is 6.07 Å². The number of hydrogen-bond acceptors (Lipinski definition) is 1. The fourth-order valence-corrected chi connectivity index (χ4v) is 2.22. The third kappa shape index (κ3) is 9.42. The zero-order valence-electron chi connectivity index (χ0n) is 13.1. The monoisotopic (exact) mass is 599 g/mol. The predicted molar refractivity (Wildman–Crippen MR) is 78.0 cm³/mol. The molecular formula is C16H21N2RbWY-2. The zero-order chi connectivity index (χ0) is 12.8. The van der Waals surface area contributed by atoms with E-state index in [4.69, 9.17) is 0 Å². The van der Waals surface area contributed by atoms with Crippen molar-refractivity contribution in [1.82, 2.24) is 4.90 Å². The minimum absolute atomic E-state index is 0. The smallest absolute Gasteiger partial charge is 0.665 e. The summed E-state index contributed by atoms with van der Waals surface area (Å²) in [6.45, 7) is 9.24. The summed E-state index contributed by atoms with van der Waals surface area (Å²) in [6, 6.07) is 6.42. The van der Waals surface area contributed by atoms with Crippen molar-refractivity contribution in [1.29, 1.82) is 0 Å². The van der Waals surface area contributed by atoms with Crippen molar-refractivity contribution in [3.63, 3.8) is 0 Å². The fourth-order valence-electron chi connectivity index (χ4n) is 2.22. The first-order chi connectivity index (χ1) is 8.79. The Morgan fingerprint density at radius 1 is 1.38 bits per heavy atom. The molecular weight excluding hydrogens is 578 g/mol. The van der Waals surface area contributed by atoms with Crippen LogP contribution in [0.3, 0.4) is 0 Å². The van der Waals surface area contributed by atoms with E-state index in [0.717, 1.165) is 38.0 Å². The maximum atomic E-state index is 4.12. The molecule has 0 aliphatic carbocycles. The number of unbranched alkanes of at least 4 members (excludes halogenated alkanes) is 1. The molecule has 0 N–H and O–H groups in total. The van der Waals surface area contributed by atoms with Crippen LogP contribution < -0.4 is 58.2 Å². The van der Waals surface area contributed by atoms with Gasteiger partial charge < -0.3 is 10.2 Å². The normalized spacial score (nSPS) is 13.2.